The summed E-state index contributed by atoms with van der Waals surface area (Å²) in [5, 5.41) is 3.12. The van der Waals surface area contributed by atoms with Crippen molar-refractivity contribution in [1.82, 2.24) is 20.2 Å². The van der Waals surface area contributed by atoms with Crippen LogP contribution in [0.2, 0.25) is 0 Å². The molecule has 1 aromatic carbocycles. The van der Waals surface area contributed by atoms with E-state index in [1.807, 2.05) is 0 Å². The van der Waals surface area contributed by atoms with Crippen molar-refractivity contribution in [3.8, 4) is 0 Å². The molecular weight excluding hydrogens is 348 g/mol. The first kappa shape index (κ1) is 19.1. The van der Waals surface area contributed by atoms with E-state index in [-0.39, 0.29) is 11.9 Å². The van der Waals surface area contributed by atoms with Crippen LogP contribution in [0.15, 0.2) is 36.7 Å². The summed E-state index contributed by atoms with van der Waals surface area (Å²) in [4.78, 5) is 23.9. The van der Waals surface area contributed by atoms with Crippen LogP contribution in [0.4, 0.5) is 0 Å². The number of hydrogen-bond donors (Lipinski definition) is 1. The maximum absolute atomic E-state index is 12.7. The average molecular weight is 379 g/mol. The Morgan fingerprint density at radius 1 is 1.11 bits per heavy atom. The van der Waals surface area contributed by atoms with Crippen LogP contribution in [0.1, 0.15) is 71.9 Å². The highest BCUT2D eigenvalue weighted by atomic mass is 16.1. The maximum Gasteiger partial charge on any atom is 0.254 e. The Bertz CT molecular complexity index is 790. The molecule has 2 aliphatic rings. The smallest absolute Gasteiger partial charge is 0.254 e. The molecule has 2 heterocycles. The van der Waals surface area contributed by atoms with Crippen molar-refractivity contribution in [2.75, 3.05) is 19.6 Å². The monoisotopic (exact) mass is 378 g/mol. The summed E-state index contributed by atoms with van der Waals surface area (Å²) in [6.45, 7) is 7.18. The van der Waals surface area contributed by atoms with Gasteiger partial charge in [0.15, 0.2) is 0 Å². The highest BCUT2D eigenvalue weighted by Crippen LogP contribution is 2.37. The molecule has 5 nitrogen and oxygen atoms in total. The molecular formula is C23H30N4O. The summed E-state index contributed by atoms with van der Waals surface area (Å²) in [5.41, 5.74) is 3.06. The number of carbonyl (C=O) groups is 1. The van der Waals surface area contributed by atoms with E-state index >= 15 is 0 Å². The SMILES string of the molecule is Cc1ccc([C@H](CNC(=O)c2cnc(C3CC3)nc2)N2CCC(C)CC2)cc1. The Hall–Kier alpha value is -2.27. The van der Waals surface area contributed by atoms with Crippen molar-refractivity contribution in [3.05, 3.63) is 59.2 Å². The molecule has 1 aromatic heterocycles. The van der Waals surface area contributed by atoms with Gasteiger partial charge in [-0.15, -0.1) is 0 Å². The lowest BCUT2D eigenvalue weighted by molar-refractivity contribution is 0.0912. The van der Waals surface area contributed by atoms with Gasteiger partial charge in [0.2, 0.25) is 0 Å². The molecule has 0 bridgehead atoms. The quantitative estimate of drug-likeness (QED) is 0.829. The number of rotatable bonds is 6. The second kappa shape index (κ2) is 8.39. The molecule has 0 radical (unpaired) electrons. The van der Waals surface area contributed by atoms with E-state index in [2.05, 4.69) is 58.3 Å². The van der Waals surface area contributed by atoms with E-state index in [4.69, 9.17) is 0 Å². The molecule has 5 heteroatoms. The number of likely N-dealkylation sites (tertiary alicyclic amines) is 1. The van der Waals surface area contributed by atoms with Crippen LogP contribution in [0.25, 0.3) is 0 Å². The predicted molar refractivity (Wildman–Crippen MR) is 110 cm³/mol. The molecule has 1 atom stereocenters. The van der Waals surface area contributed by atoms with Gasteiger partial charge in [-0.05, 0) is 57.2 Å². The minimum absolute atomic E-state index is 0.0927. The third-order valence-corrected chi connectivity index (χ3v) is 6.05. The molecule has 1 saturated carbocycles. The van der Waals surface area contributed by atoms with Gasteiger partial charge in [0.25, 0.3) is 5.91 Å². The number of aromatic nitrogens is 2. The minimum Gasteiger partial charge on any atom is -0.350 e. The lowest BCUT2D eigenvalue weighted by Crippen LogP contribution is -2.42. The van der Waals surface area contributed by atoms with Crippen molar-refractivity contribution in [2.45, 2.75) is 51.5 Å². The number of aryl methyl sites for hydroxylation is 1. The third-order valence-electron chi connectivity index (χ3n) is 6.05. The lowest BCUT2D eigenvalue weighted by Gasteiger charge is -2.37. The molecule has 148 valence electrons. The van der Waals surface area contributed by atoms with Gasteiger partial charge in [0.05, 0.1) is 11.6 Å². The average Bonchev–Trinajstić information content (AvgIpc) is 3.56. The van der Waals surface area contributed by atoms with Crippen molar-refractivity contribution in [1.29, 1.82) is 0 Å². The molecule has 1 aliphatic heterocycles. The zero-order valence-electron chi connectivity index (χ0n) is 16.9. The molecule has 2 aromatic rings. The van der Waals surface area contributed by atoms with Crippen LogP contribution < -0.4 is 5.32 Å². The van der Waals surface area contributed by atoms with Crippen molar-refractivity contribution < 1.29 is 4.79 Å². The summed E-state index contributed by atoms with van der Waals surface area (Å²) in [6.07, 6.45) is 8.09. The van der Waals surface area contributed by atoms with Crippen molar-refractivity contribution in [2.24, 2.45) is 5.92 Å². The second-order valence-electron chi connectivity index (χ2n) is 8.46. The van der Waals surface area contributed by atoms with Gasteiger partial charge < -0.3 is 5.32 Å². The largest absolute Gasteiger partial charge is 0.350 e. The number of benzene rings is 1. The Labute approximate surface area is 167 Å². The molecule has 1 N–H and O–H groups in total. The van der Waals surface area contributed by atoms with Crippen LogP contribution in [-0.2, 0) is 0 Å². The predicted octanol–water partition coefficient (Wildman–Crippen LogP) is 3.87. The Kier molecular flexibility index (Phi) is 5.72. The van der Waals surface area contributed by atoms with Gasteiger partial charge in [-0.3, -0.25) is 9.69 Å². The van der Waals surface area contributed by atoms with E-state index in [1.165, 1.54) is 24.0 Å². The topological polar surface area (TPSA) is 58.1 Å². The highest BCUT2D eigenvalue weighted by molar-refractivity contribution is 5.93. The molecule has 1 saturated heterocycles. The number of piperidine rings is 1. The molecule has 2 fully saturated rings. The maximum atomic E-state index is 12.7. The fraction of sp³-hybridized carbons (Fsp3) is 0.522. The Morgan fingerprint density at radius 3 is 2.36 bits per heavy atom. The molecule has 1 amide bonds. The standard InChI is InChI=1S/C23H30N4O/c1-16-3-5-18(6-4-16)21(27-11-9-17(2)10-12-27)15-26-23(28)20-13-24-22(25-14-20)19-7-8-19/h3-6,13-14,17,19,21H,7-12,15H2,1-2H3,(H,26,28)/t21-/m0/s1. The van der Waals surface area contributed by atoms with E-state index in [0.717, 1.165) is 37.7 Å². The molecule has 28 heavy (non-hydrogen) atoms. The number of carbonyl (C=O) groups excluding carboxylic acids is 1. The molecule has 0 spiro atoms. The first-order valence-electron chi connectivity index (χ1n) is 10.5. The van der Waals surface area contributed by atoms with Gasteiger partial charge >= 0.3 is 0 Å². The first-order chi connectivity index (χ1) is 13.6. The minimum atomic E-state index is -0.0927. The molecule has 1 aliphatic carbocycles. The van der Waals surface area contributed by atoms with Crippen LogP contribution >= 0.6 is 0 Å². The number of nitrogens with zero attached hydrogens (tertiary/aromatic N) is 3. The zero-order valence-corrected chi connectivity index (χ0v) is 16.9. The van der Waals surface area contributed by atoms with Crippen LogP contribution in [-0.4, -0.2) is 40.4 Å². The Balaban J connectivity index is 1.43. The fourth-order valence-electron chi connectivity index (χ4n) is 3.89. The summed E-state index contributed by atoms with van der Waals surface area (Å²) in [5.74, 6) is 2.07. The highest BCUT2D eigenvalue weighted by Gasteiger charge is 2.27. The van der Waals surface area contributed by atoms with Crippen LogP contribution in [0.3, 0.4) is 0 Å². The fourth-order valence-corrected chi connectivity index (χ4v) is 3.89. The normalized spacial score (nSPS) is 19.4. The summed E-state index contributed by atoms with van der Waals surface area (Å²) < 4.78 is 0. The van der Waals surface area contributed by atoms with Gasteiger partial charge in [-0.1, -0.05) is 36.8 Å². The zero-order chi connectivity index (χ0) is 19.5. The van der Waals surface area contributed by atoms with E-state index in [0.29, 0.717) is 18.0 Å². The third kappa shape index (κ3) is 4.58. The van der Waals surface area contributed by atoms with Gasteiger partial charge in [-0.2, -0.15) is 0 Å². The first-order valence-corrected chi connectivity index (χ1v) is 10.5. The lowest BCUT2D eigenvalue weighted by atomic mass is 9.95. The van der Waals surface area contributed by atoms with Crippen LogP contribution in [0.5, 0.6) is 0 Å². The van der Waals surface area contributed by atoms with Crippen LogP contribution in [0, 0.1) is 12.8 Å². The number of nitrogens with one attached hydrogen (secondary N) is 1. The summed E-state index contributed by atoms with van der Waals surface area (Å²) in [7, 11) is 0. The summed E-state index contributed by atoms with van der Waals surface area (Å²) >= 11 is 0. The van der Waals surface area contributed by atoms with E-state index in [9.17, 15) is 4.79 Å². The van der Waals surface area contributed by atoms with E-state index in [1.54, 1.807) is 12.4 Å². The van der Waals surface area contributed by atoms with E-state index < -0.39 is 0 Å². The Morgan fingerprint density at radius 2 is 1.75 bits per heavy atom. The van der Waals surface area contributed by atoms with Gasteiger partial charge in [-0.25, -0.2) is 9.97 Å². The number of amides is 1. The number of hydrogen-bond acceptors (Lipinski definition) is 4. The second-order valence-corrected chi connectivity index (χ2v) is 8.46. The molecule has 0 unspecified atom stereocenters. The molecule has 4 rings (SSSR count). The van der Waals surface area contributed by atoms with Crippen molar-refractivity contribution in [3.63, 3.8) is 0 Å². The van der Waals surface area contributed by atoms with Gasteiger partial charge in [0, 0.05) is 24.9 Å². The van der Waals surface area contributed by atoms with Gasteiger partial charge in [0.1, 0.15) is 5.82 Å². The summed E-state index contributed by atoms with van der Waals surface area (Å²) in [6, 6.07) is 8.89. The van der Waals surface area contributed by atoms with Crippen molar-refractivity contribution >= 4 is 5.91 Å².